The number of alkyl halides is 3. The van der Waals surface area contributed by atoms with E-state index in [0.717, 1.165) is 30.3 Å². The van der Waals surface area contributed by atoms with E-state index in [9.17, 15) is 32.3 Å². The molecule has 3 rings (SSSR count). The smallest absolute Gasteiger partial charge is 0.417 e. The monoisotopic (exact) mass is 429 g/mol. The lowest BCUT2D eigenvalue weighted by molar-refractivity contribution is -0.148. The maximum absolute atomic E-state index is 12.9. The number of esters is 1. The van der Waals surface area contributed by atoms with Gasteiger partial charge in [0.25, 0.3) is 5.91 Å². The Morgan fingerprint density at radius 3 is 2.38 bits per heavy atom. The van der Waals surface area contributed by atoms with E-state index in [-0.39, 0.29) is 17.7 Å². The van der Waals surface area contributed by atoms with Crippen LogP contribution in [0.5, 0.6) is 0 Å². The molecule has 0 spiro atoms. The van der Waals surface area contributed by atoms with Crippen molar-refractivity contribution in [2.45, 2.75) is 18.7 Å². The molecule has 1 aliphatic rings. The molecular weight excluding hydrogens is 418 g/mol. The first kappa shape index (κ1) is 20.7. The van der Waals surface area contributed by atoms with Gasteiger partial charge >= 0.3 is 12.1 Å². The number of carbonyl (C=O) groups excluding carboxylic acids is 2. The van der Waals surface area contributed by atoms with Gasteiger partial charge in [-0.1, -0.05) is 17.7 Å². The zero-order chi connectivity index (χ0) is 21.3. The summed E-state index contributed by atoms with van der Waals surface area (Å²) in [5.74, 6) is -3.25. The summed E-state index contributed by atoms with van der Waals surface area (Å²) in [6.07, 6.45) is -6.10. The molecule has 1 heterocycles. The van der Waals surface area contributed by atoms with Crippen molar-refractivity contribution in [3.05, 3.63) is 75.8 Å². The average molecular weight is 430 g/mol. The van der Waals surface area contributed by atoms with E-state index in [1.54, 1.807) is 0 Å². The van der Waals surface area contributed by atoms with Gasteiger partial charge in [0.15, 0.2) is 5.57 Å². The summed E-state index contributed by atoms with van der Waals surface area (Å²) in [6, 6.07) is 7.49. The molecule has 2 aromatic rings. The Morgan fingerprint density at radius 2 is 1.83 bits per heavy atom. The van der Waals surface area contributed by atoms with Crippen LogP contribution in [0.25, 0.3) is 0 Å². The first-order chi connectivity index (χ1) is 13.6. The maximum atomic E-state index is 12.9. The number of hydrogen-bond donors (Lipinski definition) is 2. The predicted octanol–water partition coefficient (Wildman–Crippen LogP) is 4.94. The van der Waals surface area contributed by atoms with Crippen LogP contribution in [0.4, 0.5) is 23.2 Å². The minimum Gasteiger partial charge on any atom is -0.511 e. The fourth-order valence-electron chi connectivity index (χ4n) is 2.72. The summed E-state index contributed by atoms with van der Waals surface area (Å²) >= 11 is 5.66. The van der Waals surface area contributed by atoms with Crippen molar-refractivity contribution in [2.24, 2.45) is 0 Å². The van der Waals surface area contributed by atoms with Gasteiger partial charge in [0.1, 0.15) is 17.7 Å². The number of carbonyl (C=O) groups is 2. The van der Waals surface area contributed by atoms with Crippen LogP contribution in [0.1, 0.15) is 23.7 Å². The SMILES string of the molecule is O=C(Nc1ccc(F)cc1)C1=C(O)CC(c2ccc(C(F)(F)F)c(Cl)c2)OC1=O. The quantitative estimate of drug-likeness (QED) is 0.412. The van der Waals surface area contributed by atoms with Gasteiger partial charge in [-0.05, 0) is 42.0 Å². The first-order valence-corrected chi connectivity index (χ1v) is 8.50. The number of anilines is 1. The number of amides is 1. The molecule has 1 atom stereocenters. The molecule has 0 fully saturated rings. The van der Waals surface area contributed by atoms with E-state index >= 15 is 0 Å². The van der Waals surface area contributed by atoms with Crippen LogP contribution in [0.15, 0.2) is 53.8 Å². The molecule has 0 bridgehead atoms. The standard InChI is InChI=1S/C19H12ClF4NO4/c20-13-7-9(1-6-12(13)19(22,23)24)15-8-14(26)16(18(28)29-15)17(27)25-11-4-2-10(21)3-5-11/h1-7,15,26H,8H2,(H,25,27). The van der Waals surface area contributed by atoms with Gasteiger partial charge in [-0.3, -0.25) is 4.79 Å². The Morgan fingerprint density at radius 1 is 1.17 bits per heavy atom. The van der Waals surface area contributed by atoms with Gasteiger partial charge in [-0.2, -0.15) is 13.2 Å². The average Bonchev–Trinajstić information content (AvgIpc) is 2.62. The van der Waals surface area contributed by atoms with Crippen LogP contribution >= 0.6 is 11.6 Å². The van der Waals surface area contributed by atoms with E-state index < -0.39 is 51.9 Å². The molecule has 0 saturated carbocycles. The molecule has 1 amide bonds. The molecule has 0 radical (unpaired) electrons. The Kier molecular flexibility index (Phi) is 5.52. The van der Waals surface area contributed by atoms with Crippen LogP contribution in [-0.2, 0) is 20.5 Å². The zero-order valence-electron chi connectivity index (χ0n) is 14.4. The molecular formula is C19H12ClF4NO4. The number of nitrogens with one attached hydrogen (secondary N) is 1. The third-order valence-electron chi connectivity index (χ3n) is 4.12. The van der Waals surface area contributed by atoms with Crippen molar-refractivity contribution in [3.8, 4) is 0 Å². The number of halogens is 5. The van der Waals surface area contributed by atoms with E-state index in [1.165, 1.54) is 12.1 Å². The van der Waals surface area contributed by atoms with Crippen LogP contribution in [0.2, 0.25) is 5.02 Å². The van der Waals surface area contributed by atoms with Crippen molar-refractivity contribution in [1.29, 1.82) is 0 Å². The highest BCUT2D eigenvalue weighted by atomic mass is 35.5. The number of cyclic esters (lactones) is 1. The van der Waals surface area contributed by atoms with Crippen LogP contribution in [-0.4, -0.2) is 17.0 Å². The highest BCUT2D eigenvalue weighted by Gasteiger charge is 2.36. The number of aliphatic hydroxyl groups excluding tert-OH is 1. The van der Waals surface area contributed by atoms with Crippen molar-refractivity contribution in [3.63, 3.8) is 0 Å². The van der Waals surface area contributed by atoms with Gasteiger partial charge in [0, 0.05) is 12.1 Å². The van der Waals surface area contributed by atoms with Gasteiger partial charge < -0.3 is 15.2 Å². The van der Waals surface area contributed by atoms with E-state index in [2.05, 4.69) is 5.32 Å². The van der Waals surface area contributed by atoms with E-state index in [1.807, 2.05) is 0 Å². The first-order valence-electron chi connectivity index (χ1n) is 8.13. The van der Waals surface area contributed by atoms with Gasteiger partial charge in [0.05, 0.1) is 10.6 Å². The summed E-state index contributed by atoms with van der Waals surface area (Å²) in [5, 5.41) is 11.9. The Balaban J connectivity index is 1.80. The topological polar surface area (TPSA) is 75.6 Å². The van der Waals surface area contributed by atoms with Gasteiger partial charge in [0.2, 0.25) is 0 Å². The number of ether oxygens (including phenoxy) is 1. The van der Waals surface area contributed by atoms with Gasteiger partial charge in [-0.15, -0.1) is 0 Å². The molecule has 152 valence electrons. The molecule has 0 aromatic heterocycles. The largest absolute Gasteiger partial charge is 0.511 e. The van der Waals surface area contributed by atoms with Gasteiger partial charge in [-0.25, -0.2) is 9.18 Å². The van der Waals surface area contributed by atoms with E-state index in [0.29, 0.717) is 0 Å². The maximum Gasteiger partial charge on any atom is 0.417 e. The lowest BCUT2D eigenvalue weighted by Gasteiger charge is -2.25. The molecule has 5 nitrogen and oxygen atoms in total. The highest BCUT2D eigenvalue weighted by molar-refractivity contribution is 6.31. The Bertz CT molecular complexity index is 1000. The summed E-state index contributed by atoms with van der Waals surface area (Å²) in [7, 11) is 0. The molecule has 29 heavy (non-hydrogen) atoms. The fraction of sp³-hybridized carbons (Fsp3) is 0.158. The zero-order valence-corrected chi connectivity index (χ0v) is 15.1. The van der Waals surface area contributed by atoms with E-state index in [4.69, 9.17) is 16.3 Å². The Hall–Kier alpha value is -3.07. The third-order valence-corrected chi connectivity index (χ3v) is 4.43. The molecule has 0 saturated heterocycles. The van der Waals surface area contributed by atoms with Crippen LogP contribution in [0.3, 0.4) is 0 Å². The number of rotatable bonds is 3. The molecule has 2 N–H and O–H groups in total. The second-order valence-corrected chi connectivity index (χ2v) is 6.53. The predicted molar refractivity (Wildman–Crippen MR) is 94.6 cm³/mol. The number of hydrogen-bond acceptors (Lipinski definition) is 4. The molecule has 0 aliphatic carbocycles. The lowest BCUT2D eigenvalue weighted by atomic mass is 9.98. The molecule has 1 unspecified atom stereocenters. The number of benzene rings is 2. The second-order valence-electron chi connectivity index (χ2n) is 6.12. The van der Waals surface area contributed by atoms with Crippen molar-refractivity contribution >= 4 is 29.2 Å². The minimum absolute atomic E-state index is 0.126. The Labute approximate surface area is 166 Å². The third kappa shape index (κ3) is 4.51. The lowest BCUT2D eigenvalue weighted by Crippen LogP contribution is -2.29. The second kappa shape index (κ2) is 7.75. The number of aliphatic hydroxyl groups is 1. The van der Waals surface area contributed by atoms with Crippen LogP contribution in [0, 0.1) is 5.82 Å². The fourth-order valence-corrected chi connectivity index (χ4v) is 3.02. The molecule has 1 aliphatic heterocycles. The molecule has 2 aromatic carbocycles. The summed E-state index contributed by atoms with van der Waals surface area (Å²) < 4.78 is 56.4. The minimum atomic E-state index is -4.65. The van der Waals surface area contributed by atoms with Crippen molar-refractivity contribution < 1.29 is 37.0 Å². The normalized spacial score (nSPS) is 17.1. The summed E-state index contributed by atoms with van der Waals surface area (Å²) in [6.45, 7) is 0. The molecule has 10 heteroatoms. The summed E-state index contributed by atoms with van der Waals surface area (Å²) in [4.78, 5) is 24.5. The highest BCUT2D eigenvalue weighted by Crippen LogP contribution is 2.38. The van der Waals surface area contributed by atoms with Crippen molar-refractivity contribution in [1.82, 2.24) is 0 Å². The van der Waals surface area contributed by atoms with Crippen LogP contribution < -0.4 is 5.32 Å². The van der Waals surface area contributed by atoms with Crippen molar-refractivity contribution in [2.75, 3.05) is 5.32 Å². The summed E-state index contributed by atoms with van der Waals surface area (Å²) in [5.41, 5.74) is -1.39.